The summed E-state index contributed by atoms with van der Waals surface area (Å²) in [5.41, 5.74) is 1.11. The van der Waals surface area contributed by atoms with Crippen molar-refractivity contribution in [3.63, 3.8) is 0 Å². The van der Waals surface area contributed by atoms with Crippen LogP contribution in [0.4, 0.5) is 0 Å². The van der Waals surface area contributed by atoms with E-state index in [2.05, 4.69) is 11.4 Å². The summed E-state index contributed by atoms with van der Waals surface area (Å²) in [6, 6.07) is 9.02. The summed E-state index contributed by atoms with van der Waals surface area (Å²) in [6.45, 7) is 0. The van der Waals surface area contributed by atoms with E-state index in [-0.39, 0.29) is 29.1 Å². The largest absolute Gasteiger partial charge is 0.323 e. The highest BCUT2D eigenvalue weighted by Gasteiger charge is 2.23. The molecule has 3 rings (SSSR count). The van der Waals surface area contributed by atoms with Gasteiger partial charge in [0.25, 0.3) is 0 Å². The summed E-state index contributed by atoms with van der Waals surface area (Å²) in [4.78, 5) is 36.4. The van der Waals surface area contributed by atoms with E-state index in [9.17, 15) is 14.4 Å². The lowest BCUT2D eigenvalue weighted by atomic mass is 9.94. The summed E-state index contributed by atoms with van der Waals surface area (Å²) < 4.78 is 0. The highest BCUT2D eigenvalue weighted by atomic mass is 16.2. The zero-order valence-electron chi connectivity index (χ0n) is 12.6. The van der Waals surface area contributed by atoms with E-state index in [4.69, 9.17) is 0 Å². The molecule has 1 unspecified atom stereocenters. The molecule has 0 spiro atoms. The van der Waals surface area contributed by atoms with Crippen LogP contribution >= 0.6 is 0 Å². The molecule has 0 radical (unpaired) electrons. The first-order valence-electron chi connectivity index (χ1n) is 7.67. The molecule has 116 valence electrons. The fraction of sp³-hybridized carbons (Fsp3) is 0.211. The number of hydrogen-bond acceptors (Lipinski definition) is 3. The lowest BCUT2D eigenvalue weighted by molar-refractivity contribution is -0.122. The number of benzene rings is 1. The first-order chi connectivity index (χ1) is 11.1. The second-order valence-electron chi connectivity index (χ2n) is 5.73. The lowest BCUT2D eigenvalue weighted by Gasteiger charge is -2.14. The van der Waals surface area contributed by atoms with Crippen LogP contribution in [0.15, 0.2) is 60.3 Å². The average molecular weight is 307 g/mol. The third-order valence-corrected chi connectivity index (χ3v) is 4.00. The SMILES string of the molecule is O=C(CC1C=CCC1)NC1=CC(=O)C(c2ccccc2)=CC1=O. The molecule has 4 heteroatoms. The quantitative estimate of drug-likeness (QED) is 0.687. The Labute approximate surface area is 134 Å². The monoisotopic (exact) mass is 307 g/mol. The van der Waals surface area contributed by atoms with Crippen LogP contribution in [0.25, 0.3) is 5.57 Å². The van der Waals surface area contributed by atoms with Crippen molar-refractivity contribution in [1.29, 1.82) is 0 Å². The van der Waals surface area contributed by atoms with Crippen LogP contribution in [-0.2, 0) is 14.4 Å². The fourth-order valence-corrected chi connectivity index (χ4v) is 2.81. The van der Waals surface area contributed by atoms with Crippen LogP contribution in [-0.4, -0.2) is 17.5 Å². The van der Waals surface area contributed by atoms with E-state index in [1.54, 1.807) is 12.1 Å². The van der Waals surface area contributed by atoms with Gasteiger partial charge in [0.2, 0.25) is 11.7 Å². The summed E-state index contributed by atoms with van der Waals surface area (Å²) >= 11 is 0. The molecule has 2 aliphatic carbocycles. The Kier molecular flexibility index (Phi) is 4.33. The molecule has 0 aliphatic heterocycles. The average Bonchev–Trinajstić information content (AvgIpc) is 3.04. The highest BCUT2D eigenvalue weighted by molar-refractivity contribution is 6.35. The minimum atomic E-state index is -0.348. The van der Waals surface area contributed by atoms with Crippen molar-refractivity contribution >= 4 is 23.0 Å². The van der Waals surface area contributed by atoms with Gasteiger partial charge in [-0.05, 0) is 30.4 Å². The van der Waals surface area contributed by atoms with Crippen molar-refractivity contribution in [1.82, 2.24) is 5.32 Å². The maximum atomic E-state index is 12.2. The van der Waals surface area contributed by atoms with Crippen molar-refractivity contribution in [3.8, 4) is 0 Å². The van der Waals surface area contributed by atoms with Crippen LogP contribution in [0.3, 0.4) is 0 Å². The Bertz CT molecular complexity index is 741. The Morgan fingerprint density at radius 2 is 1.87 bits per heavy atom. The predicted octanol–water partition coefficient (Wildman–Crippen LogP) is 2.58. The van der Waals surface area contributed by atoms with Gasteiger partial charge in [-0.25, -0.2) is 0 Å². The minimum absolute atomic E-state index is 0.0571. The molecule has 1 aromatic rings. The van der Waals surface area contributed by atoms with E-state index in [1.165, 1.54) is 12.2 Å². The van der Waals surface area contributed by atoms with Gasteiger partial charge in [-0.2, -0.15) is 0 Å². The molecule has 1 atom stereocenters. The van der Waals surface area contributed by atoms with Crippen LogP contribution in [0.1, 0.15) is 24.8 Å². The van der Waals surface area contributed by atoms with Crippen molar-refractivity contribution in [3.05, 3.63) is 65.9 Å². The number of carbonyl (C=O) groups is 3. The van der Waals surface area contributed by atoms with Gasteiger partial charge in [0.05, 0.1) is 5.70 Å². The molecule has 0 fully saturated rings. The van der Waals surface area contributed by atoms with Gasteiger partial charge in [-0.15, -0.1) is 0 Å². The van der Waals surface area contributed by atoms with E-state index in [0.717, 1.165) is 12.8 Å². The number of amides is 1. The Balaban J connectivity index is 1.69. The zero-order valence-corrected chi connectivity index (χ0v) is 12.6. The maximum Gasteiger partial charge on any atom is 0.225 e. The van der Waals surface area contributed by atoms with Gasteiger partial charge in [0, 0.05) is 18.1 Å². The number of nitrogens with one attached hydrogen (secondary N) is 1. The molecule has 1 aromatic carbocycles. The summed E-state index contributed by atoms with van der Waals surface area (Å²) in [7, 11) is 0. The van der Waals surface area contributed by atoms with E-state index < -0.39 is 0 Å². The Morgan fingerprint density at radius 3 is 2.57 bits per heavy atom. The van der Waals surface area contributed by atoms with Gasteiger partial charge in [-0.3, -0.25) is 14.4 Å². The van der Waals surface area contributed by atoms with Crippen LogP contribution in [0, 0.1) is 5.92 Å². The number of allylic oxidation sites excluding steroid dienone is 5. The van der Waals surface area contributed by atoms with E-state index >= 15 is 0 Å². The topological polar surface area (TPSA) is 63.2 Å². The Morgan fingerprint density at radius 1 is 1.09 bits per heavy atom. The van der Waals surface area contributed by atoms with Gasteiger partial charge in [0.1, 0.15) is 0 Å². The van der Waals surface area contributed by atoms with Gasteiger partial charge < -0.3 is 5.32 Å². The summed E-state index contributed by atoms with van der Waals surface area (Å²) in [5.74, 6) is -0.628. The molecule has 0 aromatic heterocycles. The molecular weight excluding hydrogens is 290 g/mol. The number of hydrogen-bond donors (Lipinski definition) is 1. The van der Waals surface area contributed by atoms with Crippen molar-refractivity contribution in [2.45, 2.75) is 19.3 Å². The molecule has 1 amide bonds. The van der Waals surface area contributed by atoms with Crippen molar-refractivity contribution in [2.24, 2.45) is 5.92 Å². The first kappa shape index (κ1) is 15.2. The van der Waals surface area contributed by atoms with Crippen molar-refractivity contribution in [2.75, 3.05) is 0 Å². The molecule has 1 N–H and O–H groups in total. The molecule has 0 saturated carbocycles. The minimum Gasteiger partial charge on any atom is -0.323 e. The van der Waals surface area contributed by atoms with E-state index in [1.807, 2.05) is 24.3 Å². The van der Waals surface area contributed by atoms with Gasteiger partial charge in [-0.1, -0.05) is 42.5 Å². The molecule has 0 bridgehead atoms. The molecule has 4 nitrogen and oxygen atoms in total. The van der Waals surface area contributed by atoms with Crippen molar-refractivity contribution < 1.29 is 14.4 Å². The molecular formula is C19H17NO3. The zero-order chi connectivity index (χ0) is 16.2. The Hall–Kier alpha value is -2.75. The third kappa shape index (κ3) is 3.54. The summed E-state index contributed by atoms with van der Waals surface area (Å²) in [6.07, 6.45) is 8.87. The smallest absolute Gasteiger partial charge is 0.225 e. The standard InChI is InChI=1S/C19H17NO3/c21-17-12-16(20-19(23)10-13-6-4-5-7-13)18(22)11-15(17)14-8-2-1-3-9-14/h1-4,6,8-9,11-13H,5,7,10H2,(H,20,23). The maximum absolute atomic E-state index is 12.2. The number of ketones is 2. The van der Waals surface area contributed by atoms with Crippen LogP contribution in [0.2, 0.25) is 0 Å². The van der Waals surface area contributed by atoms with Crippen LogP contribution < -0.4 is 5.32 Å². The van der Waals surface area contributed by atoms with Gasteiger partial charge in [0.15, 0.2) is 5.78 Å². The molecule has 23 heavy (non-hydrogen) atoms. The highest BCUT2D eigenvalue weighted by Crippen LogP contribution is 2.22. The molecule has 0 heterocycles. The molecule has 2 aliphatic rings. The predicted molar refractivity (Wildman–Crippen MR) is 87.1 cm³/mol. The normalized spacial score (nSPS) is 20.3. The third-order valence-electron chi connectivity index (χ3n) is 4.00. The summed E-state index contributed by atoms with van der Waals surface area (Å²) in [5, 5.41) is 2.57. The second-order valence-corrected chi connectivity index (χ2v) is 5.73. The number of rotatable bonds is 4. The van der Waals surface area contributed by atoms with E-state index in [0.29, 0.717) is 17.6 Å². The fourth-order valence-electron chi connectivity index (χ4n) is 2.81. The number of carbonyl (C=O) groups excluding carboxylic acids is 3. The second kappa shape index (κ2) is 6.57. The lowest BCUT2D eigenvalue weighted by Crippen LogP contribution is -2.30. The van der Waals surface area contributed by atoms with Crippen LogP contribution in [0.5, 0.6) is 0 Å². The van der Waals surface area contributed by atoms with Gasteiger partial charge >= 0.3 is 0 Å². The first-order valence-corrected chi connectivity index (χ1v) is 7.67. The molecule has 0 saturated heterocycles.